The maximum atomic E-state index is 12.1. The van der Waals surface area contributed by atoms with Crippen molar-refractivity contribution in [2.24, 2.45) is 0 Å². The number of hydrogen-bond donors (Lipinski definition) is 1. The minimum absolute atomic E-state index is 0.0126. The van der Waals surface area contributed by atoms with E-state index in [0.717, 1.165) is 5.56 Å². The number of carbonyl (C=O) groups is 2. The Morgan fingerprint density at radius 3 is 2.29 bits per heavy atom. The molecule has 2 rings (SSSR count). The van der Waals surface area contributed by atoms with Gasteiger partial charge >= 0.3 is 5.97 Å². The molecule has 0 radical (unpaired) electrons. The molecule has 0 saturated heterocycles. The Morgan fingerprint density at radius 2 is 1.75 bits per heavy atom. The number of anilines is 1. The third kappa shape index (κ3) is 5.29. The van der Waals surface area contributed by atoms with Gasteiger partial charge in [-0.2, -0.15) is 0 Å². The van der Waals surface area contributed by atoms with Gasteiger partial charge in [-0.3, -0.25) is 14.9 Å². The van der Waals surface area contributed by atoms with E-state index in [-0.39, 0.29) is 22.5 Å². The number of rotatable bonds is 6. The number of ether oxygens (including phenoxy) is 2. The monoisotopic (exact) mass is 386 g/mol. The van der Waals surface area contributed by atoms with Gasteiger partial charge in [0.15, 0.2) is 6.61 Å². The first-order chi connectivity index (χ1) is 13.1. The summed E-state index contributed by atoms with van der Waals surface area (Å²) >= 11 is 0. The number of nitro groups is 1. The lowest BCUT2D eigenvalue weighted by Crippen LogP contribution is -2.21. The molecule has 28 heavy (non-hydrogen) atoms. The number of methoxy groups -OCH3 is 1. The van der Waals surface area contributed by atoms with E-state index in [1.807, 2.05) is 12.1 Å². The Labute approximate surface area is 162 Å². The maximum Gasteiger partial charge on any atom is 0.338 e. The summed E-state index contributed by atoms with van der Waals surface area (Å²) in [6.07, 6.45) is 0. The molecule has 1 N–H and O–H groups in total. The Bertz CT molecular complexity index is 885. The van der Waals surface area contributed by atoms with E-state index in [1.165, 1.54) is 25.3 Å². The van der Waals surface area contributed by atoms with Crippen molar-refractivity contribution in [1.82, 2.24) is 0 Å². The van der Waals surface area contributed by atoms with Gasteiger partial charge in [-0.05, 0) is 35.2 Å². The first kappa shape index (κ1) is 20.9. The molecular formula is C20H22N2O6. The smallest absolute Gasteiger partial charge is 0.338 e. The molecule has 0 spiro atoms. The highest BCUT2D eigenvalue weighted by molar-refractivity contribution is 5.96. The molecule has 0 aliphatic carbocycles. The SMILES string of the molecule is COc1ccc(NC(=O)COC(=O)c2ccc(C(C)(C)C)cc2)c([N+](=O)[O-])c1. The van der Waals surface area contributed by atoms with Crippen molar-refractivity contribution < 1.29 is 24.0 Å². The van der Waals surface area contributed by atoms with Crippen molar-refractivity contribution in [2.45, 2.75) is 26.2 Å². The second kappa shape index (κ2) is 8.51. The van der Waals surface area contributed by atoms with Gasteiger partial charge < -0.3 is 14.8 Å². The Hall–Kier alpha value is -3.42. The molecule has 2 aromatic rings. The molecule has 148 valence electrons. The molecule has 8 heteroatoms. The zero-order chi connectivity index (χ0) is 20.9. The minimum Gasteiger partial charge on any atom is -0.496 e. The number of amides is 1. The summed E-state index contributed by atoms with van der Waals surface area (Å²) in [6, 6.07) is 10.9. The van der Waals surface area contributed by atoms with Crippen molar-refractivity contribution >= 4 is 23.3 Å². The number of hydrogen-bond acceptors (Lipinski definition) is 6. The summed E-state index contributed by atoms with van der Waals surface area (Å²) in [4.78, 5) is 34.6. The number of benzene rings is 2. The molecule has 0 aliphatic heterocycles. The highest BCUT2D eigenvalue weighted by atomic mass is 16.6. The van der Waals surface area contributed by atoms with Crippen LogP contribution in [-0.2, 0) is 14.9 Å². The molecule has 8 nitrogen and oxygen atoms in total. The summed E-state index contributed by atoms with van der Waals surface area (Å²) < 4.78 is 9.92. The fourth-order valence-corrected chi connectivity index (χ4v) is 2.40. The zero-order valence-electron chi connectivity index (χ0n) is 16.1. The van der Waals surface area contributed by atoms with Crippen LogP contribution in [0.1, 0.15) is 36.7 Å². The van der Waals surface area contributed by atoms with E-state index in [2.05, 4.69) is 26.1 Å². The van der Waals surface area contributed by atoms with Gasteiger partial charge in [0.05, 0.1) is 23.7 Å². The molecule has 0 atom stereocenters. The first-order valence-electron chi connectivity index (χ1n) is 8.52. The third-order valence-corrected chi connectivity index (χ3v) is 4.00. The van der Waals surface area contributed by atoms with Crippen LogP contribution in [0.5, 0.6) is 5.75 Å². The summed E-state index contributed by atoms with van der Waals surface area (Å²) in [5.74, 6) is -1.05. The average Bonchev–Trinajstić information content (AvgIpc) is 2.65. The molecule has 0 saturated carbocycles. The second-order valence-electron chi connectivity index (χ2n) is 7.09. The highest BCUT2D eigenvalue weighted by Gasteiger charge is 2.19. The van der Waals surface area contributed by atoms with E-state index in [0.29, 0.717) is 5.56 Å². The average molecular weight is 386 g/mol. The Kier molecular flexibility index (Phi) is 6.35. The molecule has 0 aromatic heterocycles. The lowest BCUT2D eigenvalue weighted by Gasteiger charge is -2.18. The molecule has 0 bridgehead atoms. The van der Waals surface area contributed by atoms with Crippen LogP contribution < -0.4 is 10.1 Å². The normalized spacial score (nSPS) is 10.9. The van der Waals surface area contributed by atoms with Crippen LogP contribution in [0.25, 0.3) is 0 Å². The maximum absolute atomic E-state index is 12.1. The van der Waals surface area contributed by atoms with Crippen LogP contribution in [0, 0.1) is 10.1 Å². The summed E-state index contributed by atoms with van der Waals surface area (Å²) in [5, 5.41) is 13.5. The van der Waals surface area contributed by atoms with Crippen molar-refractivity contribution in [3.8, 4) is 5.75 Å². The Balaban J connectivity index is 1.99. The molecule has 0 unspecified atom stereocenters. The van der Waals surface area contributed by atoms with Crippen molar-refractivity contribution in [2.75, 3.05) is 19.0 Å². The highest BCUT2D eigenvalue weighted by Crippen LogP contribution is 2.29. The lowest BCUT2D eigenvalue weighted by molar-refractivity contribution is -0.384. The molecular weight excluding hydrogens is 364 g/mol. The Morgan fingerprint density at radius 1 is 1.11 bits per heavy atom. The van der Waals surface area contributed by atoms with Crippen LogP contribution in [0.15, 0.2) is 42.5 Å². The number of nitro benzene ring substituents is 1. The molecule has 0 aliphatic rings. The van der Waals surface area contributed by atoms with Gasteiger partial charge in [0.1, 0.15) is 11.4 Å². The van der Waals surface area contributed by atoms with Gasteiger partial charge in [-0.1, -0.05) is 32.9 Å². The van der Waals surface area contributed by atoms with Gasteiger partial charge in [-0.15, -0.1) is 0 Å². The fraction of sp³-hybridized carbons (Fsp3) is 0.300. The van der Waals surface area contributed by atoms with E-state index in [4.69, 9.17) is 9.47 Å². The number of carbonyl (C=O) groups excluding carboxylic acids is 2. The van der Waals surface area contributed by atoms with Gasteiger partial charge in [-0.25, -0.2) is 4.79 Å². The predicted molar refractivity (Wildman–Crippen MR) is 104 cm³/mol. The second-order valence-corrected chi connectivity index (χ2v) is 7.09. The van der Waals surface area contributed by atoms with Crippen LogP contribution in [0.3, 0.4) is 0 Å². The van der Waals surface area contributed by atoms with E-state index in [1.54, 1.807) is 12.1 Å². The van der Waals surface area contributed by atoms with Crippen LogP contribution >= 0.6 is 0 Å². The van der Waals surface area contributed by atoms with Crippen molar-refractivity contribution in [1.29, 1.82) is 0 Å². The molecule has 2 aromatic carbocycles. The lowest BCUT2D eigenvalue weighted by atomic mass is 9.87. The number of nitrogens with one attached hydrogen (secondary N) is 1. The standard InChI is InChI=1S/C20H22N2O6/c1-20(2,3)14-7-5-13(6-8-14)19(24)28-12-18(23)21-16-10-9-15(27-4)11-17(16)22(25)26/h5-11H,12H2,1-4H3,(H,21,23). The molecule has 1 amide bonds. The quantitative estimate of drug-likeness (QED) is 0.461. The van der Waals surface area contributed by atoms with Gasteiger partial charge in [0, 0.05) is 0 Å². The van der Waals surface area contributed by atoms with Crippen LogP contribution in [0.4, 0.5) is 11.4 Å². The van der Waals surface area contributed by atoms with Gasteiger partial charge in [0.25, 0.3) is 11.6 Å². The predicted octanol–water partition coefficient (Wildman–Crippen LogP) is 3.70. The van der Waals surface area contributed by atoms with E-state index >= 15 is 0 Å². The van der Waals surface area contributed by atoms with Gasteiger partial charge in [0.2, 0.25) is 0 Å². The summed E-state index contributed by atoms with van der Waals surface area (Å²) in [7, 11) is 1.38. The topological polar surface area (TPSA) is 108 Å². The fourth-order valence-electron chi connectivity index (χ4n) is 2.40. The summed E-state index contributed by atoms with van der Waals surface area (Å²) in [5.41, 5.74) is 0.998. The zero-order valence-corrected chi connectivity index (χ0v) is 16.1. The van der Waals surface area contributed by atoms with Crippen LogP contribution in [0.2, 0.25) is 0 Å². The molecule has 0 heterocycles. The third-order valence-electron chi connectivity index (χ3n) is 4.00. The number of esters is 1. The molecule has 0 fully saturated rings. The summed E-state index contributed by atoms with van der Waals surface area (Å²) in [6.45, 7) is 5.61. The van der Waals surface area contributed by atoms with E-state index < -0.39 is 23.4 Å². The number of nitrogens with zero attached hydrogens (tertiary/aromatic N) is 1. The largest absolute Gasteiger partial charge is 0.496 e. The minimum atomic E-state index is -0.687. The first-order valence-corrected chi connectivity index (χ1v) is 8.52. The van der Waals surface area contributed by atoms with E-state index in [9.17, 15) is 19.7 Å². The van der Waals surface area contributed by atoms with Crippen LogP contribution in [-0.4, -0.2) is 30.5 Å². The van der Waals surface area contributed by atoms with Crippen molar-refractivity contribution in [3.63, 3.8) is 0 Å². The van der Waals surface area contributed by atoms with Crippen molar-refractivity contribution in [3.05, 3.63) is 63.7 Å².